The lowest BCUT2D eigenvalue weighted by molar-refractivity contribution is -0.152. The number of hydrogen-bond donors (Lipinski definition) is 3. The molecule has 1 amide bonds. The Balaban J connectivity index is 2.83. The van der Waals surface area contributed by atoms with Gasteiger partial charge < -0.3 is 20.9 Å². The molecule has 1 aliphatic rings. The zero-order valence-corrected chi connectivity index (χ0v) is 12.1. The van der Waals surface area contributed by atoms with Crippen molar-refractivity contribution in [2.45, 2.75) is 51.6 Å². The molecule has 4 N–H and O–H groups in total. The summed E-state index contributed by atoms with van der Waals surface area (Å²) >= 11 is 0. The largest absolute Gasteiger partial charge is 0.481 e. The average Bonchev–Trinajstić information content (AvgIpc) is 2.28. The molecule has 0 aromatic heterocycles. The zero-order valence-electron chi connectivity index (χ0n) is 12.1. The average molecular weight is 272 g/mol. The molecule has 110 valence electrons. The molecule has 1 saturated heterocycles. The normalized spacial score (nSPS) is 19.8. The third kappa shape index (κ3) is 3.06. The summed E-state index contributed by atoms with van der Waals surface area (Å²) in [6.07, 6.45) is 0.894. The van der Waals surface area contributed by atoms with Crippen molar-refractivity contribution in [3.8, 4) is 0 Å². The molecule has 1 heterocycles. The summed E-state index contributed by atoms with van der Waals surface area (Å²) in [5.41, 5.74) is 3.13. The Morgan fingerprint density at radius 1 is 1.21 bits per heavy atom. The molecule has 0 spiro atoms. The minimum absolute atomic E-state index is 0.310. The fourth-order valence-electron chi connectivity index (χ4n) is 1.79. The molecular weight excluding hydrogens is 248 g/mol. The third-order valence-electron chi connectivity index (χ3n) is 4.36. The van der Waals surface area contributed by atoms with Gasteiger partial charge in [0.05, 0.1) is 16.5 Å². The van der Waals surface area contributed by atoms with E-state index >= 15 is 0 Å². The van der Waals surface area contributed by atoms with Crippen LogP contribution in [-0.4, -0.2) is 41.3 Å². The van der Waals surface area contributed by atoms with E-state index < -0.39 is 22.5 Å². The van der Waals surface area contributed by atoms with Crippen LogP contribution >= 0.6 is 0 Å². The molecule has 0 unspecified atom stereocenters. The molecule has 0 aromatic carbocycles. The van der Waals surface area contributed by atoms with Gasteiger partial charge in [0.15, 0.2) is 0 Å². The van der Waals surface area contributed by atoms with E-state index in [-0.39, 0.29) is 5.91 Å². The van der Waals surface area contributed by atoms with Crippen molar-refractivity contribution < 1.29 is 19.4 Å². The second kappa shape index (κ2) is 5.09. The van der Waals surface area contributed by atoms with E-state index in [2.05, 4.69) is 5.32 Å². The van der Waals surface area contributed by atoms with E-state index in [9.17, 15) is 14.7 Å². The highest BCUT2D eigenvalue weighted by atomic mass is 16.5. The maximum Gasteiger partial charge on any atom is 0.311 e. The number of carbonyl (C=O) groups is 2. The molecule has 1 rings (SSSR count). The zero-order chi connectivity index (χ0) is 14.9. The molecule has 1 fully saturated rings. The van der Waals surface area contributed by atoms with Gasteiger partial charge in [-0.2, -0.15) is 0 Å². The van der Waals surface area contributed by atoms with Gasteiger partial charge in [0.2, 0.25) is 5.91 Å². The summed E-state index contributed by atoms with van der Waals surface area (Å²) in [6.45, 7) is 7.47. The Kier molecular flexibility index (Phi) is 4.27. The Morgan fingerprint density at radius 3 is 2.11 bits per heavy atom. The second-order valence-corrected chi connectivity index (χ2v) is 6.28. The molecule has 1 aliphatic heterocycles. The first kappa shape index (κ1) is 15.9. The van der Waals surface area contributed by atoms with Crippen LogP contribution in [0.3, 0.4) is 0 Å². The molecule has 19 heavy (non-hydrogen) atoms. The minimum Gasteiger partial charge on any atom is -0.481 e. The van der Waals surface area contributed by atoms with Gasteiger partial charge in [0, 0.05) is 13.2 Å². The number of carboxylic acids is 1. The third-order valence-corrected chi connectivity index (χ3v) is 4.36. The topological polar surface area (TPSA) is 102 Å². The maximum atomic E-state index is 12.3. The number of nitrogens with one attached hydrogen (secondary N) is 1. The fourth-order valence-corrected chi connectivity index (χ4v) is 1.79. The minimum atomic E-state index is -1.09. The molecule has 0 aliphatic carbocycles. The number of carbonyl (C=O) groups excluding carboxylic acids is 1. The van der Waals surface area contributed by atoms with Gasteiger partial charge in [-0.1, -0.05) is 0 Å². The smallest absolute Gasteiger partial charge is 0.311 e. The van der Waals surface area contributed by atoms with Crippen LogP contribution in [0, 0.1) is 5.41 Å². The van der Waals surface area contributed by atoms with Crippen LogP contribution < -0.4 is 11.1 Å². The number of ether oxygens (including phenoxy) is 1. The van der Waals surface area contributed by atoms with Crippen molar-refractivity contribution in [3.63, 3.8) is 0 Å². The molecule has 0 radical (unpaired) electrons. The standard InChI is InChI=1S/C13H24N2O4/c1-11(2,10(17)18)12(3,4)15-9(16)13(14)5-7-19-8-6-13/h5-8,14H2,1-4H3,(H,15,16)(H,17,18). The molecular formula is C13H24N2O4. The van der Waals surface area contributed by atoms with Crippen molar-refractivity contribution in [3.05, 3.63) is 0 Å². The van der Waals surface area contributed by atoms with Gasteiger partial charge >= 0.3 is 5.97 Å². The first-order valence-corrected chi connectivity index (χ1v) is 6.45. The van der Waals surface area contributed by atoms with Crippen LogP contribution in [0.4, 0.5) is 0 Å². The summed E-state index contributed by atoms with van der Waals surface area (Å²) in [5.74, 6) is -1.27. The Morgan fingerprint density at radius 2 is 1.68 bits per heavy atom. The number of carboxylic acid groups (broad SMARTS) is 1. The monoisotopic (exact) mass is 272 g/mol. The van der Waals surface area contributed by atoms with Crippen molar-refractivity contribution in [1.29, 1.82) is 0 Å². The van der Waals surface area contributed by atoms with Crippen molar-refractivity contribution in [2.24, 2.45) is 11.1 Å². The lowest BCUT2D eigenvalue weighted by atomic mass is 9.74. The van der Waals surface area contributed by atoms with Crippen LogP contribution in [0.2, 0.25) is 0 Å². The Hall–Kier alpha value is -1.14. The quantitative estimate of drug-likeness (QED) is 0.691. The molecule has 0 bridgehead atoms. The first-order chi connectivity index (χ1) is 8.53. The predicted molar refractivity (Wildman–Crippen MR) is 70.6 cm³/mol. The van der Waals surface area contributed by atoms with Crippen LogP contribution in [0.5, 0.6) is 0 Å². The van der Waals surface area contributed by atoms with Crippen LogP contribution in [0.15, 0.2) is 0 Å². The maximum absolute atomic E-state index is 12.3. The lowest BCUT2D eigenvalue weighted by Gasteiger charge is -2.42. The highest BCUT2D eigenvalue weighted by Gasteiger charge is 2.47. The van der Waals surface area contributed by atoms with Gasteiger partial charge in [-0.25, -0.2) is 0 Å². The highest BCUT2D eigenvalue weighted by Crippen LogP contribution is 2.31. The number of aliphatic carboxylic acids is 1. The molecule has 0 saturated carbocycles. The van der Waals surface area contributed by atoms with Crippen molar-refractivity contribution >= 4 is 11.9 Å². The van der Waals surface area contributed by atoms with Crippen molar-refractivity contribution in [2.75, 3.05) is 13.2 Å². The number of amides is 1. The number of nitrogens with two attached hydrogens (primary N) is 1. The lowest BCUT2D eigenvalue weighted by Crippen LogP contribution is -2.65. The predicted octanol–water partition coefficient (Wildman–Crippen LogP) is 0.500. The molecule has 6 heteroatoms. The summed E-state index contributed by atoms with van der Waals surface area (Å²) in [7, 11) is 0. The van der Waals surface area contributed by atoms with Gasteiger partial charge in [0.25, 0.3) is 0 Å². The second-order valence-electron chi connectivity index (χ2n) is 6.28. The van der Waals surface area contributed by atoms with E-state index in [1.54, 1.807) is 27.7 Å². The first-order valence-electron chi connectivity index (χ1n) is 6.45. The van der Waals surface area contributed by atoms with E-state index in [1.165, 1.54) is 0 Å². The van der Waals surface area contributed by atoms with E-state index in [4.69, 9.17) is 10.5 Å². The summed E-state index contributed by atoms with van der Waals surface area (Å²) in [5, 5.41) is 12.0. The van der Waals surface area contributed by atoms with E-state index in [0.29, 0.717) is 26.1 Å². The number of rotatable bonds is 4. The number of hydrogen-bond acceptors (Lipinski definition) is 4. The van der Waals surface area contributed by atoms with E-state index in [1.807, 2.05) is 0 Å². The Labute approximate surface area is 113 Å². The fraction of sp³-hybridized carbons (Fsp3) is 0.846. The van der Waals surface area contributed by atoms with Crippen LogP contribution in [0.25, 0.3) is 0 Å². The van der Waals surface area contributed by atoms with Crippen LogP contribution in [-0.2, 0) is 14.3 Å². The van der Waals surface area contributed by atoms with E-state index in [0.717, 1.165) is 0 Å². The van der Waals surface area contributed by atoms with Gasteiger partial charge in [-0.3, -0.25) is 9.59 Å². The highest BCUT2D eigenvalue weighted by molar-refractivity contribution is 5.88. The van der Waals surface area contributed by atoms with Crippen molar-refractivity contribution in [1.82, 2.24) is 5.32 Å². The van der Waals surface area contributed by atoms with Gasteiger partial charge in [-0.15, -0.1) is 0 Å². The van der Waals surface area contributed by atoms with Gasteiger partial charge in [0.1, 0.15) is 0 Å². The molecule has 0 aromatic rings. The summed E-state index contributed by atoms with van der Waals surface area (Å²) in [6, 6.07) is 0. The SMILES string of the molecule is CC(C)(NC(=O)C1(N)CCOCC1)C(C)(C)C(=O)O. The summed E-state index contributed by atoms with van der Waals surface area (Å²) in [4.78, 5) is 23.6. The van der Waals surface area contributed by atoms with Gasteiger partial charge in [-0.05, 0) is 40.5 Å². The van der Waals surface area contributed by atoms with Crippen LogP contribution in [0.1, 0.15) is 40.5 Å². The molecule has 0 atom stereocenters. The Bertz CT molecular complexity index is 371. The molecule has 6 nitrogen and oxygen atoms in total. The summed E-state index contributed by atoms with van der Waals surface area (Å²) < 4.78 is 5.20.